The van der Waals surface area contributed by atoms with Crippen LogP contribution in [0.25, 0.3) is 0 Å². The predicted octanol–water partition coefficient (Wildman–Crippen LogP) is 4.03. The first-order chi connectivity index (χ1) is 12.6. The van der Waals surface area contributed by atoms with Crippen molar-refractivity contribution in [3.05, 3.63) is 48.0 Å². The number of benzene rings is 1. The number of hydrogen-bond acceptors (Lipinski definition) is 5. The highest BCUT2D eigenvalue weighted by molar-refractivity contribution is 6.74. The van der Waals surface area contributed by atoms with Gasteiger partial charge in [0.15, 0.2) is 14.1 Å². The lowest BCUT2D eigenvalue weighted by molar-refractivity contribution is -0.184. The van der Waals surface area contributed by atoms with Crippen LogP contribution in [0.5, 0.6) is 0 Å². The second-order valence-electron chi connectivity index (χ2n) is 8.30. The molecule has 0 N–H and O–H groups in total. The van der Waals surface area contributed by atoms with Gasteiger partial charge < -0.3 is 13.9 Å². The van der Waals surface area contributed by atoms with Crippen molar-refractivity contribution in [1.82, 2.24) is 0 Å². The molecule has 5 nitrogen and oxygen atoms in total. The molecule has 1 aliphatic rings. The van der Waals surface area contributed by atoms with Crippen LogP contribution in [0.1, 0.15) is 32.8 Å². The Hall–Kier alpha value is -1.76. The van der Waals surface area contributed by atoms with E-state index in [1.54, 1.807) is 0 Å². The zero-order chi connectivity index (χ0) is 20.1. The van der Waals surface area contributed by atoms with E-state index in [-0.39, 0.29) is 29.8 Å². The largest absolute Gasteiger partial charge is 0.432 e. The average Bonchev–Trinajstić information content (AvgIpc) is 2.60. The first kappa shape index (κ1) is 21.5. The van der Waals surface area contributed by atoms with Crippen LogP contribution in [0.2, 0.25) is 18.1 Å². The SMILES string of the molecule is CC(C)(C)[Si](C)(C)OC[C@@H]1O[C@@H](OC(=O)CCc2ccccc2)C=CC1=O. The maximum absolute atomic E-state index is 12.1. The first-order valence-corrected chi connectivity index (χ1v) is 12.2. The highest BCUT2D eigenvalue weighted by Gasteiger charge is 2.39. The van der Waals surface area contributed by atoms with Crippen molar-refractivity contribution in [3.63, 3.8) is 0 Å². The second-order valence-corrected chi connectivity index (χ2v) is 13.1. The molecule has 2 atom stereocenters. The molecule has 1 aromatic carbocycles. The Morgan fingerprint density at radius 1 is 1.19 bits per heavy atom. The van der Waals surface area contributed by atoms with Crippen LogP contribution in [0, 0.1) is 0 Å². The molecule has 27 heavy (non-hydrogen) atoms. The summed E-state index contributed by atoms with van der Waals surface area (Å²) >= 11 is 0. The molecule has 2 rings (SSSR count). The molecule has 0 radical (unpaired) electrons. The number of aryl methyl sites for hydroxylation is 1. The fraction of sp³-hybridized carbons (Fsp3) is 0.524. The van der Waals surface area contributed by atoms with Gasteiger partial charge in [0.25, 0.3) is 0 Å². The van der Waals surface area contributed by atoms with Gasteiger partial charge in [-0.15, -0.1) is 0 Å². The summed E-state index contributed by atoms with van der Waals surface area (Å²) in [5.74, 6) is -0.516. The number of ether oxygens (including phenoxy) is 2. The fourth-order valence-corrected chi connectivity index (χ4v) is 3.32. The van der Waals surface area contributed by atoms with Crippen molar-refractivity contribution in [2.75, 3.05) is 6.61 Å². The van der Waals surface area contributed by atoms with Gasteiger partial charge in [0.2, 0.25) is 6.29 Å². The zero-order valence-corrected chi connectivity index (χ0v) is 17.9. The number of carbonyl (C=O) groups is 2. The Labute approximate surface area is 162 Å². The van der Waals surface area contributed by atoms with E-state index in [9.17, 15) is 9.59 Å². The third-order valence-electron chi connectivity index (χ3n) is 5.14. The van der Waals surface area contributed by atoms with Gasteiger partial charge in [0, 0.05) is 6.42 Å². The summed E-state index contributed by atoms with van der Waals surface area (Å²) in [6.07, 6.45) is 2.17. The molecule has 6 heteroatoms. The van der Waals surface area contributed by atoms with Crippen LogP contribution < -0.4 is 0 Å². The van der Waals surface area contributed by atoms with Crippen LogP contribution in [0.15, 0.2) is 42.5 Å². The van der Waals surface area contributed by atoms with Crippen LogP contribution in [-0.4, -0.2) is 39.1 Å². The van der Waals surface area contributed by atoms with Crippen molar-refractivity contribution in [2.24, 2.45) is 0 Å². The minimum absolute atomic E-state index is 0.0455. The number of hydrogen-bond donors (Lipinski definition) is 0. The van der Waals surface area contributed by atoms with Crippen molar-refractivity contribution in [3.8, 4) is 0 Å². The molecule has 148 valence electrons. The molecule has 0 bridgehead atoms. The molecule has 0 unspecified atom stereocenters. The molecule has 0 spiro atoms. The summed E-state index contributed by atoms with van der Waals surface area (Å²) < 4.78 is 17.1. The Balaban J connectivity index is 1.84. The van der Waals surface area contributed by atoms with E-state index < -0.39 is 20.7 Å². The lowest BCUT2D eigenvalue weighted by Gasteiger charge is -2.37. The molecule has 0 aliphatic carbocycles. The minimum atomic E-state index is -1.99. The maximum atomic E-state index is 12.1. The fourth-order valence-electron chi connectivity index (χ4n) is 2.32. The normalized spacial score (nSPS) is 20.6. The third-order valence-corrected chi connectivity index (χ3v) is 9.64. The van der Waals surface area contributed by atoms with Crippen molar-refractivity contribution in [1.29, 1.82) is 0 Å². The average molecular weight is 391 g/mol. The maximum Gasteiger partial charge on any atom is 0.308 e. The van der Waals surface area contributed by atoms with E-state index in [1.807, 2.05) is 30.3 Å². The third kappa shape index (κ3) is 6.41. The Kier molecular flexibility index (Phi) is 7.14. The van der Waals surface area contributed by atoms with E-state index in [1.165, 1.54) is 12.2 Å². The first-order valence-electron chi connectivity index (χ1n) is 9.33. The highest BCUT2D eigenvalue weighted by Crippen LogP contribution is 2.36. The van der Waals surface area contributed by atoms with Gasteiger partial charge in [-0.3, -0.25) is 9.59 Å². The number of carbonyl (C=O) groups excluding carboxylic acids is 2. The van der Waals surface area contributed by atoms with E-state index in [4.69, 9.17) is 13.9 Å². The van der Waals surface area contributed by atoms with Gasteiger partial charge in [-0.2, -0.15) is 0 Å². The molecular formula is C21H30O5Si. The summed E-state index contributed by atoms with van der Waals surface area (Å²) in [5.41, 5.74) is 1.07. The van der Waals surface area contributed by atoms with Gasteiger partial charge >= 0.3 is 5.97 Å². The molecule has 0 fully saturated rings. The lowest BCUT2D eigenvalue weighted by atomic mass is 10.1. The quantitative estimate of drug-likeness (QED) is 0.519. The van der Waals surface area contributed by atoms with Crippen molar-refractivity contribution < 1.29 is 23.5 Å². The van der Waals surface area contributed by atoms with E-state index >= 15 is 0 Å². The van der Waals surface area contributed by atoms with E-state index in [0.717, 1.165) is 5.56 Å². The van der Waals surface area contributed by atoms with Gasteiger partial charge in [-0.1, -0.05) is 51.1 Å². The van der Waals surface area contributed by atoms with Gasteiger partial charge in [-0.25, -0.2) is 0 Å². The predicted molar refractivity (Wildman–Crippen MR) is 107 cm³/mol. The van der Waals surface area contributed by atoms with Crippen molar-refractivity contribution >= 4 is 20.1 Å². The molecule has 1 aliphatic heterocycles. The molecule has 1 aromatic rings. The number of esters is 1. The highest BCUT2D eigenvalue weighted by atomic mass is 28.4. The molecule has 0 saturated carbocycles. The van der Waals surface area contributed by atoms with Crippen LogP contribution in [-0.2, 0) is 29.9 Å². The summed E-state index contributed by atoms with van der Waals surface area (Å²) in [5, 5.41) is 0.0455. The second kappa shape index (κ2) is 8.95. The topological polar surface area (TPSA) is 61.8 Å². The van der Waals surface area contributed by atoms with Crippen LogP contribution in [0.3, 0.4) is 0 Å². The minimum Gasteiger partial charge on any atom is -0.432 e. The summed E-state index contributed by atoms with van der Waals surface area (Å²) in [4.78, 5) is 24.2. The smallest absolute Gasteiger partial charge is 0.308 e. The Morgan fingerprint density at radius 2 is 1.85 bits per heavy atom. The summed E-state index contributed by atoms with van der Waals surface area (Å²) in [6.45, 7) is 10.8. The van der Waals surface area contributed by atoms with E-state index in [2.05, 4.69) is 33.9 Å². The van der Waals surface area contributed by atoms with Gasteiger partial charge in [0.05, 0.1) is 6.61 Å². The molecule has 1 heterocycles. The number of ketones is 1. The molecule has 0 amide bonds. The van der Waals surface area contributed by atoms with Crippen LogP contribution in [0.4, 0.5) is 0 Å². The Bertz CT molecular complexity index is 676. The lowest BCUT2D eigenvalue weighted by Crippen LogP contribution is -2.45. The van der Waals surface area contributed by atoms with Crippen molar-refractivity contribution in [2.45, 2.75) is 64.1 Å². The van der Waals surface area contributed by atoms with Gasteiger partial charge in [-0.05, 0) is 42.3 Å². The number of rotatable bonds is 7. The standard InChI is InChI=1S/C21H30O5Si/c1-21(2,3)27(4,5)24-15-18-17(22)12-14-20(25-18)26-19(23)13-11-16-9-7-6-8-10-16/h6-10,12,14,18,20H,11,13,15H2,1-5H3/t18-,20-/m0/s1. The molecular weight excluding hydrogens is 360 g/mol. The summed E-state index contributed by atoms with van der Waals surface area (Å²) in [6, 6.07) is 9.75. The molecule has 0 saturated heterocycles. The molecule has 0 aromatic heterocycles. The van der Waals surface area contributed by atoms with E-state index in [0.29, 0.717) is 6.42 Å². The van der Waals surface area contributed by atoms with Crippen LogP contribution >= 0.6 is 0 Å². The summed E-state index contributed by atoms with van der Waals surface area (Å²) in [7, 11) is -1.99. The zero-order valence-electron chi connectivity index (χ0n) is 16.9. The Morgan fingerprint density at radius 3 is 2.48 bits per heavy atom. The monoisotopic (exact) mass is 390 g/mol. The van der Waals surface area contributed by atoms with Gasteiger partial charge in [0.1, 0.15) is 6.10 Å².